The van der Waals surface area contributed by atoms with Gasteiger partial charge in [0.15, 0.2) is 0 Å². The van der Waals surface area contributed by atoms with Crippen LogP contribution in [0.15, 0.2) is 18.3 Å². The van der Waals surface area contributed by atoms with E-state index in [1.165, 1.54) is 23.0 Å². The van der Waals surface area contributed by atoms with Gasteiger partial charge in [0.2, 0.25) is 0 Å². The number of aromatic nitrogens is 2. The maximum atomic E-state index is 10.7. The van der Waals surface area contributed by atoms with E-state index in [9.17, 15) is 10.1 Å². The molecule has 0 spiro atoms. The lowest BCUT2D eigenvalue weighted by molar-refractivity contribution is -0.383. The molecule has 0 atom stereocenters. The van der Waals surface area contributed by atoms with E-state index in [-0.39, 0.29) is 5.69 Å². The molecule has 0 saturated carbocycles. The van der Waals surface area contributed by atoms with Crippen LogP contribution in [0.1, 0.15) is 0 Å². The van der Waals surface area contributed by atoms with Gasteiger partial charge < -0.3 is 0 Å². The van der Waals surface area contributed by atoms with Crippen LogP contribution in [0.25, 0.3) is 10.9 Å². The Morgan fingerprint density at radius 1 is 1.57 bits per heavy atom. The van der Waals surface area contributed by atoms with Crippen molar-refractivity contribution in [3.63, 3.8) is 0 Å². The van der Waals surface area contributed by atoms with Crippen molar-refractivity contribution in [3.8, 4) is 0 Å². The summed E-state index contributed by atoms with van der Waals surface area (Å²) in [6, 6.07) is 2.88. The molecule has 0 aliphatic heterocycles. The van der Waals surface area contributed by atoms with E-state index in [1.54, 1.807) is 7.05 Å². The van der Waals surface area contributed by atoms with Gasteiger partial charge in [-0.3, -0.25) is 14.8 Å². The SMILES string of the molecule is Cn1ncc2c(Cl)ccc([N+](=O)[O-])c21. The highest BCUT2D eigenvalue weighted by Gasteiger charge is 2.17. The second kappa shape index (κ2) is 2.95. The summed E-state index contributed by atoms with van der Waals surface area (Å²) >= 11 is 5.87. The maximum absolute atomic E-state index is 10.7. The Morgan fingerprint density at radius 2 is 2.29 bits per heavy atom. The summed E-state index contributed by atoms with van der Waals surface area (Å²) in [6.45, 7) is 0. The molecule has 0 fully saturated rings. The number of nitro groups is 1. The van der Waals surface area contributed by atoms with E-state index in [2.05, 4.69) is 5.10 Å². The van der Waals surface area contributed by atoms with Gasteiger partial charge in [-0.2, -0.15) is 5.10 Å². The minimum Gasteiger partial charge on any atom is -0.261 e. The summed E-state index contributed by atoms with van der Waals surface area (Å²) in [5, 5.41) is 15.7. The van der Waals surface area contributed by atoms with Crippen LogP contribution in [-0.2, 0) is 7.05 Å². The van der Waals surface area contributed by atoms with Crippen LogP contribution < -0.4 is 0 Å². The number of rotatable bonds is 1. The highest BCUT2D eigenvalue weighted by molar-refractivity contribution is 6.35. The fourth-order valence-electron chi connectivity index (χ4n) is 1.38. The van der Waals surface area contributed by atoms with Gasteiger partial charge in [-0.1, -0.05) is 11.6 Å². The minimum atomic E-state index is -0.444. The lowest BCUT2D eigenvalue weighted by Gasteiger charge is -1.97. The lowest BCUT2D eigenvalue weighted by atomic mass is 10.2. The summed E-state index contributed by atoms with van der Waals surface area (Å²) < 4.78 is 1.44. The molecule has 6 heteroatoms. The van der Waals surface area contributed by atoms with Crippen molar-refractivity contribution in [3.05, 3.63) is 33.5 Å². The normalized spacial score (nSPS) is 10.7. The first-order valence-corrected chi connectivity index (χ1v) is 4.23. The molecule has 14 heavy (non-hydrogen) atoms. The molecule has 0 saturated heterocycles. The van der Waals surface area contributed by atoms with E-state index in [1.807, 2.05) is 0 Å². The zero-order valence-electron chi connectivity index (χ0n) is 7.27. The quantitative estimate of drug-likeness (QED) is 0.536. The number of hydrogen-bond acceptors (Lipinski definition) is 3. The van der Waals surface area contributed by atoms with Crippen molar-refractivity contribution in [2.24, 2.45) is 7.05 Å². The Labute approximate surface area is 84.0 Å². The van der Waals surface area contributed by atoms with E-state index in [4.69, 9.17) is 11.6 Å². The Bertz CT molecular complexity index is 521. The monoisotopic (exact) mass is 211 g/mol. The molecule has 1 heterocycles. The van der Waals surface area contributed by atoms with Crippen LogP contribution >= 0.6 is 11.6 Å². The van der Waals surface area contributed by atoms with Crippen molar-refractivity contribution >= 4 is 28.2 Å². The number of aryl methyl sites for hydroxylation is 1. The van der Waals surface area contributed by atoms with E-state index >= 15 is 0 Å². The van der Waals surface area contributed by atoms with Gasteiger partial charge in [-0.15, -0.1) is 0 Å². The minimum absolute atomic E-state index is 0.0180. The first kappa shape index (κ1) is 8.96. The number of nitrogens with zero attached hydrogens (tertiary/aromatic N) is 3. The summed E-state index contributed by atoms with van der Waals surface area (Å²) in [7, 11) is 1.64. The Kier molecular flexibility index (Phi) is 1.89. The molecule has 5 nitrogen and oxygen atoms in total. The van der Waals surface area contributed by atoms with Crippen LogP contribution in [-0.4, -0.2) is 14.7 Å². The molecule has 2 rings (SSSR count). The molecule has 0 amide bonds. The number of hydrogen-bond donors (Lipinski definition) is 0. The smallest absolute Gasteiger partial charge is 0.261 e. The fourth-order valence-corrected chi connectivity index (χ4v) is 1.59. The summed E-state index contributed by atoms with van der Waals surface area (Å²) in [5.74, 6) is 0. The number of halogens is 1. The Balaban J connectivity index is 2.92. The third kappa shape index (κ3) is 1.13. The first-order chi connectivity index (χ1) is 6.61. The lowest BCUT2D eigenvalue weighted by Crippen LogP contribution is -1.95. The number of fused-ring (bicyclic) bond motifs is 1. The van der Waals surface area contributed by atoms with Gasteiger partial charge >= 0.3 is 0 Å². The highest BCUT2D eigenvalue weighted by Crippen LogP contribution is 2.30. The highest BCUT2D eigenvalue weighted by atomic mass is 35.5. The van der Waals surface area contributed by atoms with Crippen LogP contribution in [0.5, 0.6) is 0 Å². The summed E-state index contributed by atoms with van der Waals surface area (Å²) in [6.07, 6.45) is 1.52. The van der Waals surface area contributed by atoms with Crippen molar-refractivity contribution in [2.45, 2.75) is 0 Å². The molecule has 0 unspecified atom stereocenters. The number of benzene rings is 1. The van der Waals surface area contributed by atoms with Crippen molar-refractivity contribution in [2.75, 3.05) is 0 Å². The molecule has 2 aromatic rings. The van der Waals surface area contributed by atoms with Crippen molar-refractivity contribution < 1.29 is 4.92 Å². The Morgan fingerprint density at radius 3 is 2.93 bits per heavy atom. The van der Waals surface area contributed by atoms with Crippen LogP contribution in [0.2, 0.25) is 5.02 Å². The number of nitro benzene ring substituents is 1. The standard InChI is InChI=1S/C8H6ClN3O2/c1-11-8-5(4-10-11)6(9)2-3-7(8)12(13)14/h2-4H,1H3. The molecule has 72 valence electrons. The molecular formula is C8H6ClN3O2. The summed E-state index contributed by atoms with van der Waals surface area (Å²) in [5.41, 5.74) is 0.465. The van der Waals surface area contributed by atoms with Crippen molar-refractivity contribution in [1.82, 2.24) is 9.78 Å². The third-order valence-electron chi connectivity index (χ3n) is 2.02. The average molecular weight is 212 g/mol. The zero-order chi connectivity index (χ0) is 10.3. The van der Waals surface area contributed by atoms with Gasteiger partial charge in [0, 0.05) is 18.5 Å². The molecule has 1 aromatic carbocycles. The topological polar surface area (TPSA) is 61.0 Å². The van der Waals surface area contributed by atoms with Gasteiger partial charge in [-0.05, 0) is 6.07 Å². The van der Waals surface area contributed by atoms with Crippen molar-refractivity contribution in [1.29, 1.82) is 0 Å². The summed E-state index contributed by atoms with van der Waals surface area (Å²) in [4.78, 5) is 10.3. The van der Waals surface area contributed by atoms with Crippen LogP contribution in [0.4, 0.5) is 5.69 Å². The van der Waals surface area contributed by atoms with Crippen LogP contribution in [0.3, 0.4) is 0 Å². The van der Waals surface area contributed by atoms with Gasteiger partial charge in [0.25, 0.3) is 5.69 Å². The molecule has 1 aromatic heterocycles. The van der Waals surface area contributed by atoms with E-state index in [0.29, 0.717) is 15.9 Å². The Hall–Kier alpha value is -1.62. The largest absolute Gasteiger partial charge is 0.295 e. The molecular weight excluding hydrogens is 206 g/mol. The maximum Gasteiger partial charge on any atom is 0.295 e. The average Bonchev–Trinajstić information content (AvgIpc) is 2.50. The number of non-ortho nitro benzene ring substituents is 1. The first-order valence-electron chi connectivity index (χ1n) is 3.86. The molecule has 0 radical (unpaired) electrons. The predicted molar refractivity (Wildman–Crippen MR) is 52.4 cm³/mol. The molecule has 0 aliphatic rings. The van der Waals surface area contributed by atoms with E-state index in [0.717, 1.165) is 0 Å². The second-order valence-electron chi connectivity index (χ2n) is 2.85. The zero-order valence-corrected chi connectivity index (χ0v) is 8.02. The van der Waals surface area contributed by atoms with Gasteiger partial charge in [0.1, 0.15) is 5.52 Å². The van der Waals surface area contributed by atoms with Crippen LogP contribution in [0, 0.1) is 10.1 Å². The predicted octanol–water partition coefficient (Wildman–Crippen LogP) is 2.13. The van der Waals surface area contributed by atoms with Gasteiger partial charge in [-0.25, -0.2) is 0 Å². The molecule has 0 N–H and O–H groups in total. The third-order valence-corrected chi connectivity index (χ3v) is 2.35. The van der Waals surface area contributed by atoms with E-state index < -0.39 is 4.92 Å². The second-order valence-corrected chi connectivity index (χ2v) is 3.26. The van der Waals surface area contributed by atoms with Gasteiger partial charge in [0.05, 0.1) is 16.1 Å². The molecule has 0 aliphatic carbocycles. The molecule has 0 bridgehead atoms. The fraction of sp³-hybridized carbons (Fsp3) is 0.125.